The van der Waals surface area contributed by atoms with E-state index < -0.39 is 0 Å². The third-order valence-corrected chi connectivity index (χ3v) is 4.18. The SMILES string of the molecule is CCCCN(C)C(=O)CC(=O)N1CCN(c2ccccn2)CC1. The van der Waals surface area contributed by atoms with Crippen LogP contribution in [0.15, 0.2) is 24.4 Å². The zero-order chi connectivity index (χ0) is 16.7. The molecule has 2 amide bonds. The molecule has 0 spiro atoms. The fourth-order valence-corrected chi connectivity index (χ4v) is 2.62. The lowest BCUT2D eigenvalue weighted by Crippen LogP contribution is -2.49. The molecular weight excluding hydrogens is 292 g/mol. The van der Waals surface area contributed by atoms with Crippen LogP contribution in [0.5, 0.6) is 0 Å². The molecule has 23 heavy (non-hydrogen) atoms. The summed E-state index contributed by atoms with van der Waals surface area (Å²) in [4.78, 5) is 34.3. The molecule has 0 N–H and O–H groups in total. The second-order valence-electron chi connectivity index (χ2n) is 5.90. The van der Waals surface area contributed by atoms with Gasteiger partial charge in [0.15, 0.2) is 0 Å². The molecule has 2 rings (SSSR count). The van der Waals surface area contributed by atoms with Gasteiger partial charge in [0.25, 0.3) is 0 Å². The zero-order valence-electron chi connectivity index (χ0n) is 14.1. The number of pyridine rings is 1. The standard InChI is InChI=1S/C17H26N4O2/c1-3-4-9-19(2)16(22)14-17(23)21-12-10-20(11-13-21)15-7-5-6-8-18-15/h5-8H,3-4,9-14H2,1-2H3. The van der Waals surface area contributed by atoms with E-state index in [1.807, 2.05) is 18.2 Å². The number of amides is 2. The van der Waals surface area contributed by atoms with Crippen molar-refractivity contribution >= 4 is 17.6 Å². The maximum atomic E-state index is 12.3. The van der Waals surface area contributed by atoms with Crippen molar-refractivity contribution < 1.29 is 9.59 Å². The highest BCUT2D eigenvalue weighted by Gasteiger charge is 2.24. The second kappa shape index (κ2) is 8.50. The fourth-order valence-electron chi connectivity index (χ4n) is 2.62. The number of hydrogen-bond acceptors (Lipinski definition) is 4. The number of anilines is 1. The van der Waals surface area contributed by atoms with Crippen LogP contribution in [0.2, 0.25) is 0 Å². The minimum absolute atomic E-state index is 0.0240. The number of nitrogens with zero attached hydrogens (tertiary/aromatic N) is 4. The first-order valence-corrected chi connectivity index (χ1v) is 8.29. The van der Waals surface area contributed by atoms with Crippen molar-refractivity contribution in [3.05, 3.63) is 24.4 Å². The molecule has 1 aliphatic rings. The van der Waals surface area contributed by atoms with Gasteiger partial charge in [-0.3, -0.25) is 9.59 Å². The van der Waals surface area contributed by atoms with Crippen molar-refractivity contribution in [1.82, 2.24) is 14.8 Å². The Morgan fingerprint density at radius 2 is 1.96 bits per heavy atom. The van der Waals surface area contributed by atoms with E-state index in [9.17, 15) is 9.59 Å². The number of rotatable bonds is 6. The lowest BCUT2D eigenvalue weighted by molar-refractivity contribution is -0.140. The van der Waals surface area contributed by atoms with Crippen LogP contribution in [-0.4, -0.2) is 66.4 Å². The summed E-state index contributed by atoms with van der Waals surface area (Å²) in [5.74, 6) is 0.782. The molecule has 1 aromatic heterocycles. The summed E-state index contributed by atoms with van der Waals surface area (Å²) in [6.07, 6.45) is 3.77. The minimum Gasteiger partial charge on any atom is -0.353 e. The van der Waals surface area contributed by atoms with E-state index in [-0.39, 0.29) is 18.2 Å². The summed E-state index contributed by atoms with van der Waals surface area (Å²) < 4.78 is 0. The van der Waals surface area contributed by atoms with E-state index in [0.717, 1.165) is 38.3 Å². The van der Waals surface area contributed by atoms with E-state index in [1.165, 1.54) is 0 Å². The van der Waals surface area contributed by atoms with Gasteiger partial charge in [0.2, 0.25) is 11.8 Å². The van der Waals surface area contributed by atoms with Gasteiger partial charge in [-0.2, -0.15) is 0 Å². The molecule has 0 aromatic carbocycles. The van der Waals surface area contributed by atoms with Gasteiger partial charge in [-0.15, -0.1) is 0 Å². The number of piperazine rings is 1. The smallest absolute Gasteiger partial charge is 0.232 e. The molecule has 0 saturated carbocycles. The molecule has 1 aromatic rings. The van der Waals surface area contributed by atoms with Crippen LogP contribution in [0, 0.1) is 0 Å². The molecule has 1 fully saturated rings. The highest BCUT2D eigenvalue weighted by atomic mass is 16.2. The molecule has 1 saturated heterocycles. The molecule has 0 radical (unpaired) electrons. The summed E-state index contributed by atoms with van der Waals surface area (Å²) in [5.41, 5.74) is 0. The molecule has 0 bridgehead atoms. The minimum atomic E-state index is -0.0874. The second-order valence-corrected chi connectivity index (χ2v) is 5.90. The quantitative estimate of drug-likeness (QED) is 0.744. The average molecular weight is 318 g/mol. The molecule has 1 aliphatic heterocycles. The van der Waals surface area contributed by atoms with Gasteiger partial charge in [0.05, 0.1) is 0 Å². The van der Waals surface area contributed by atoms with Crippen LogP contribution in [-0.2, 0) is 9.59 Å². The number of aromatic nitrogens is 1. The van der Waals surface area contributed by atoms with Crippen LogP contribution >= 0.6 is 0 Å². The summed E-state index contributed by atoms with van der Waals surface area (Å²) in [7, 11) is 1.77. The van der Waals surface area contributed by atoms with Gasteiger partial charge in [0.1, 0.15) is 12.2 Å². The van der Waals surface area contributed by atoms with Crippen LogP contribution in [0.25, 0.3) is 0 Å². The normalized spacial score (nSPS) is 14.7. The van der Waals surface area contributed by atoms with E-state index in [1.54, 1.807) is 23.0 Å². The average Bonchev–Trinajstić information content (AvgIpc) is 2.60. The van der Waals surface area contributed by atoms with E-state index in [4.69, 9.17) is 0 Å². The highest BCUT2D eigenvalue weighted by molar-refractivity contribution is 5.96. The Balaban J connectivity index is 1.78. The fraction of sp³-hybridized carbons (Fsp3) is 0.588. The highest BCUT2D eigenvalue weighted by Crippen LogP contribution is 2.13. The Labute approximate surface area is 138 Å². The van der Waals surface area contributed by atoms with Gasteiger partial charge in [0, 0.05) is 46.0 Å². The Kier molecular flexibility index (Phi) is 6.38. The van der Waals surface area contributed by atoms with Crippen molar-refractivity contribution in [3.63, 3.8) is 0 Å². The van der Waals surface area contributed by atoms with Crippen molar-refractivity contribution in [2.24, 2.45) is 0 Å². The number of unbranched alkanes of at least 4 members (excludes halogenated alkanes) is 1. The van der Waals surface area contributed by atoms with Gasteiger partial charge >= 0.3 is 0 Å². The van der Waals surface area contributed by atoms with Crippen LogP contribution in [0.1, 0.15) is 26.2 Å². The molecule has 2 heterocycles. The molecule has 0 aliphatic carbocycles. The largest absolute Gasteiger partial charge is 0.353 e. The predicted octanol–water partition coefficient (Wildman–Crippen LogP) is 1.38. The third-order valence-electron chi connectivity index (χ3n) is 4.18. The number of carbonyl (C=O) groups excluding carboxylic acids is 2. The topological polar surface area (TPSA) is 56.8 Å². The number of carbonyl (C=O) groups is 2. The van der Waals surface area contributed by atoms with E-state index >= 15 is 0 Å². The van der Waals surface area contributed by atoms with E-state index in [0.29, 0.717) is 13.1 Å². The molecule has 0 unspecified atom stereocenters. The maximum absolute atomic E-state index is 12.3. The van der Waals surface area contributed by atoms with Crippen LogP contribution < -0.4 is 4.90 Å². The van der Waals surface area contributed by atoms with Gasteiger partial charge < -0.3 is 14.7 Å². The monoisotopic (exact) mass is 318 g/mol. The van der Waals surface area contributed by atoms with Crippen molar-refractivity contribution in [2.45, 2.75) is 26.2 Å². The lowest BCUT2D eigenvalue weighted by Gasteiger charge is -2.35. The summed E-state index contributed by atoms with van der Waals surface area (Å²) in [5, 5.41) is 0. The Morgan fingerprint density at radius 1 is 1.22 bits per heavy atom. The first-order chi connectivity index (χ1) is 11.1. The lowest BCUT2D eigenvalue weighted by atomic mass is 10.2. The Hall–Kier alpha value is -2.11. The van der Waals surface area contributed by atoms with Crippen molar-refractivity contribution in [2.75, 3.05) is 44.7 Å². The molecule has 126 valence electrons. The van der Waals surface area contributed by atoms with Crippen LogP contribution in [0.3, 0.4) is 0 Å². The zero-order valence-corrected chi connectivity index (χ0v) is 14.1. The predicted molar refractivity (Wildman–Crippen MR) is 90.2 cm³/mol. The maximum Gasteiger partial charge on any atom is 0.232 e. The van der Waals surface area contributed by atoms with Crippen LogP contribution in [0.4, 0.5) is 5.82 Å². The van der Waals surface area contributed by atoms with E-state index in [2.05, 4.69) is 16.8 Å². The summed E-state index contributed by atoms with van der Waals surface area (Å²) in [6, 6.07) is 5.83. The first kappa shape index (κ1) is 17.2. The molecule has 0 atom stereocenters. The van der Waals surface area contributed by atoms with Gasteiger partial charge in [-0.25, -0.2) is 4.98 Å². The first-order valence-electron chi connectivity index (χ1n) is 8.29. The Morgan fingerprint density at radius 3 is 2.57 bits per heavy atom. The molecule has 6 heteroatoms. The third kappa shape index (κ3) is 4.94. The van der Waals surface area contributed by atoms with Gasteiger partial charge in [-0.1, -0.05) is 19.4 Å². The molecular formula is C17H26N4O2. The van der Waals surface area contributed by atoms with Crippen molar-refractivity contribution in [3.8, 4) is 0 Å². The summed E-state index contributed by atoms with van der Waals surface area (Å²) in [6.45, 7) is 5.59. The van der Waals surface area contributed by atoms with Gasteiger partial charge in [-0.05, 0) is 18.6 Å². The molecule has 6 nitrogen and oxygen atoms in total. The summed E-state index contributed by atoms with van der Waals surface area (Å²) >= 11 is 0. The van der Waals surface area contributed by atoms with Crippen molar-refractivity contribution in [1.29, 1.82) is 0 Å². The number of hydrogen-bond donors (Lipinski definition) is 0. The Bertz CT molecular complexity index is 513.